The summed E-state index contributed by atoms with van der Waals surface area (Å²) >= 11 is 0. The Hall–Kier alpha value is -2.86. The summed E-state index contributed by atoms with van der Waals surface area (Å²) in [5.41, 5.74) is 2.50. The van der Waals surface area contributed by atoms with Gasteiger partial charge in [-0.1, -0.05) is 24.3 Å². The third kappa shape index (κ3) is 7.50. The van der Waals surface area contributed by atoms with Gasteiger partial charge in [0.2, 0.25) is 11.8 Å². The first kappa shape index (κ1) is 20.5. The van der Waals surface area contributed by atoms with Gasteiger partial charge in [0.05, 0.1) is 26.1 Å². The second kappa shape index (κ2) is 11.0. The van der Waals surface area contributed by atoms with Crippen LogP contribution in [0.3, 0.4) is 0 Å². The number of benzene rings is 2. The fraction of sp³-hybridized carbons (Fsp3) is 0.333. The average molecular weight is 370 g/mol. The van der Waals surface area contributed by atoms with E-state index in [1.807, 2.05) is 43.3 Å². The molecule has 0 aromatic heterocycles. The normalized spacial score (nSPS) is 10.3. The maximum Gasteiger partial charge on any atom is 0.228 e. The molecule has 144 valence electrons. The zero-order chi connectivity index (χ0) is 19.5. The zero-order valence-corrected chi connectivity index (χ0v) is 15.8. The van der Waals surface area contributed by atoms with Gasteiger partial charge in [-0.2, -0.15) is 0 Å². The van der Waals surface area contributed by atoms with Gasteiger partial charge in [-0.25, -0.2) is 0 Å². The highest BCUT2D eigenvalue weighted by molar-refractivity contribution is 5.92. The molecule has 2 rings (SSSR count). The molecule has 0 spiro atoms. The highest BCUT2D eigenvalue weighted by Crippen LogP contribution is 2.14. The van der Waals surface area contributed by atoms with Crippen LogP contribution < -0.4 is 15.4 Å². The van der Waals surface area contributed by atoms with Gasteiger partial charge in [0, 0.05) is 19.3 Å². The maximum atomic E-state index is 12.2. The molecule has 27 heavy (non-hydrogen) atoms. The average Bonchev–Trinajstić information content (AvgIpc) is 2.65. The summed E-state index contributed by atoms with van der Waals surface area (Å²) in [5, 5.41) is 5.64. The lowest BCUT2D eigenvalue weighted by atomic mass is 10.1. The van der Waals surface area contributed by atoms with Crippen LogP contribution in [0.15, 0.2) is 48.5 Å². The van der Waals surface area contributed by atoms with E-state index in [2.05, 4.69) is 10.6 Å². The number of carbonyl (C=O) groups is 2. The first-order chi connectivity index (χ1) is 13.1. The molecule has 6 heteroatoms. The summed E-state index contributed by atoms with van der Waals surface area (Å²) in [4.78, 5) is 24.0. The minimum atomic E-state index is -0.0933. The lowest BCUT2D eigenvalue weighted by Gasteiger charge is -2.08. The van der Waals surface area contributed by atoms with Crippen molar-refractivity contribution in [1.29, 1.82) is 0 Å². The van der Waals surface area contributed by atoms with E-state index in [0.717, 1.165) is 16.9 Å². The van der Waals surface area contributed by atoms with Crippen molar-refractivity contribution in [1.82, 2.24) is 5.32 Å². The molecule has 0 atom stereocenters. The lowest BCUT2D eigenvalue weighted by Crippen LogP contribution is -2.28. The summed E-state index contributed by atoms with van der Waals surface area (Å²) in [5.74, 6) is 0.645. The van der Waals surface area contributed by atoms with Crippen molar-refractivity contribution >= 4 is 17.5 Å². The van der Waals surface area contributed by atoms with Gasteiger partial charge in [-0.15, -0.1) is 0 Å². The zero-order valence-electron chi connectivity index (χ0n) is 15.8. The van der Waals surface area contributed by atoms with Gasteiger partial charge in [-0.3, -0.25) is 9.59 Å². The molecule has 0 saturated carbocycles. The first-order valence-corrected chi connectivity index (χ1v) is 8.97. The van der Waals surface area contributed by atoms with Crippen LogP contribution in [-0.2, 0) is 27.2 Å². The predicted octanol–water partition coefficient (Wildman–Crippen LogP) is 2.57. The van der Waals surface area contributed by atoms with Crippen molar-refractivity contribution in [3.63, 3.8) is 0 Å². The molecular formula is C21H26N2O4. The van der Waals surface area contributed by atoms with Gasteiger partial charge in [-0.05, 0) is 42.3 Å². The molecule has 2 N–H and O–H groups in total. The second-order valence-electron chi connectivity index (χ2n) is 6.02. The molecule has 0 unspecified atom stereocenters. The smallest absolute Gasteiger partial charge is 0.228 e. The number of carbonyl (C=O) groups excluding carboxylic acids is 2. The van der Waals surface area contributed by atoms with Crippen molar-refractivity contribution < 1.29 is 19.1 Å². The SMILES string of the molecule is CCOc1ccc(CC(=O)Nc2ccc(CC(=O)NCCOC)cc2)cc1. The molecular weight excluding hydrogens is 344 g/mol. The van der Waals surface area contributed by atoms with Crippen molar-refractivity contribution in [2.75, 3.05) is 32.2 Å². The molecule has 2 aromatic carbocycles. The quantitative estimate of drug-likeness (QED) is 0.630. The number of amides is 2. The maximum absolute atomic E-state index is 12.2. The summed E-state index contributed by atoms with van der Waals surface area (Å²) in [6.07, 6.45) is 0.584. The van der Waals surface area contributed by atoms with E-state index in [-0.39, 0.29) is 18.2 Å². The number of nitrogens with one attached hydrogen (secondary N) is 2. The van der Waals surface area contributed by atoms with Crippen LogP contribution >= 0.6 is 0 Å². The van der Waals surface area contributed by atoms with E-state index < -0.39 is 0 Å². The van der Waals surface area contributed by atoms with Crippen LogP contribution in [0.25, 0.3) is 0 Å². The fourth-order valence-corrected chi connectivity index (χ4v) is 2.51. The third-order valence-corrected chi connectivity index (χ3v) is 3.83. The molecule has 0 bridgehead atoms. The number of hydrogen-bond donors (Lipinski definition) is 2. The Kier molecular flexibility index (Phi) is 8.32. The Morgan fingerprint density at radius 3 is 2.07 bits per heavy atom. The van der Waals surface area contributed by atoms with E-state index in [1.54, 1.807) is 19.2 Å². The number of ether oxygens (including phenoxy) is 2. The van der Waals surface area contributed by atoms with E-state index in [9.17, 15) is 9.59 Å². The van der Waals surface area contributed by atoms with Crippen LogP contribution in [0, 0.1) is 0 Å². The Labute approximate surface area is 159 Å². The van der Waals surface area contributed by atoms with Crippen LogP contribution in [0.4, 0.5) is 5.69 Å². The van der Waals surface area contributed by atoms with Crippen molar-refractivity contribution in [2.24, 2.45) is 0 Å². The Bertz CT molecular complexity index is 727. The molecule has 6 nitrogen and oxygen atoms in total. The van der Waals surface area contributed by atoms with Crippen LogP contribution in [-0.4, -0.2) is 38.7 Å². The van der Waals surface area contributed by atoms with Gasteiger partial charge in [0.25, 0.3) is 0 Å². The molecule has 2 amide bonds. The molecule has 0 heterocycles. The standard InChI is InChI=1S/C21H26N2O4/c1-3-27-19-10-6-17(7-11-19)15-21(25)23-18-8-4-16(5-9-18)14-20(24)22-12-13-26-2/h4-11H,3,12-15H2,1-2H3,(H,22,24)(H,23,25). The summed E-state index contributed by atoms with van der Waals surface area (Å²) in [7, 11) is 1.59. The fourth-order valence-electron chi connectivity index (χ4n) is 2.51. The predicted molar refractivity (Wildman–Crippen MR) is 105 cm³/mol. The topological polar surface area (TPSA) is 76.7 Å². The largest absolute Gasteiger partial charge is 0.494 e. The highest BCUT2D eigenvalue weighted by atomic mass is 16.5. The number of methoxy groups -OCH3 is 1. The van der Waals surface area contributed by atoms with Crippen LogP contribution in [0.2, 0.25) is 0 Å². The lowest BCUT2D eigenvalue weighted by molar-refractivity contribution is -0.120. The minimum absolute atomic E-state index is 0.0562. The van der Waals surface area contributed by atoms with E-state index >= 15 is 0 Å². The summed E-state index contributed by atoms with van der Waals surface area (Å²) < 4.78 is 10.3. The van der Waals surface area contributed by atoms with Gasteiger partial charge >= 0.3 is 0 Å². The van der Waals surface area contributed by atoms with Crippen molar-refractivity contribution in [2.45, 2.75) is 19.8 Å². The summed E-state index contributed by atoms with van der Waals surface area (Å²) in [6, 6.07) is 14.8. The molecule has 0 fully saturated rings. The van der Waals surface area contributed by atoms with Crippen LogP contribution in [0.1, 0.15) is 18.1 Å². The van der Waals surface area contributed by atoms with E-state index in [4.69, 9.17) is 9.47 Å². The highest BCUT2D eigenvalue weighted by Gasteiger charge is 2.06. The van der Waals surface area contributed by atoms with E-state index in [0.29, 0.717) is 31.9 Å². The number of hydrogen-bond acceptors (Lipinski definition) is 4. The molecule has 0 aliphatic heterocycles. The Balaban J connectivity index is 1.81. The summed E-state index contributed by atoms with van der Waals surface area (Å²) in [6.45, 7) is 3.53. The molecule has 2 aromatic rings. The van der Waals surface area contributed by atoms with E-state index in [1.165, 1.54) is 0 Å². The number of anilines is 1. The van der Waals surface area contributed by atoms with Gasteiger partial charge < -0.3 is 20.1 Å². The van der Waals surface area contributed by atoms with Crippen molar-refractivity contribution in [3.8, 4) is 5.75 Å². The Morgan fingerprint density at radius 1 is 0.889 bits per heavy atom. The molecule has 0 radical (unpaired) electrons. The molecule has 0 aliphatic rings. The van der Waals surface area contributed by atoms with Gasteiger partial charge in [0.15, 0.2) is 0 Å². The minimum Gasteiger partial charge on any atom is -0.494 e. The molecule has 0 aliphatic carbocycles. The van der Waals surface area contributed by atoms with Crippen LogP contribution in [0.5, 0.6) is 5.75 Å². The first-order valence-electron chi connectivity index (χ1n) is 8.97. The monoisotopic (exact) mass is 370 g/mol. The molecule has 0 saturated heterocycles. The van der Waals surface area contributed by atoms with Gasteiger partial charge in [0.1, 0.15) is 5.75 Å². The third-order valence-electron chi connectivity index (χ3n) is 3.83. The van der Waals surface area contributed by atoms with Crippen molar-refractivity contribution in [3.05, 3.63) is 59.7 Å². The second-order valence-corrected chi connectivity index (χ2v) is 6.02. The Morgan fingerprint density at radius 2 is 1.48 bits per heavy atom. The number of rotatable bonds is 10.